The summed E-state index contributed by atoms with van der Waals surface area (Å²) in [7, 11) is 0.473. The van der Waals surface area contributed by atoms with Gasteiger partial charge in [0.15, 0.2) is 4.77 Å². The van der Waals surface area contributed by atoms with Gasteiger partial charge in [-0.15, -0.1) is 0 Å². The molecule has 152 valence electrons. The first-order valence-corrected chi connectivity index (χ1v) is 10.4. The van der Waals surface area contributed by atoms with Crippen molar-refractivity contribution >= 4 is 33.8 Å². The number of nitrogens with zero attached hydrogens (tertiary/aromatic N) is 2. The van der Waals surface area contributed by atoms with E-state index in [1.165, 1.54) is 39.5 Å². The van der Waals surface area contributed by atoms with Gasteiger partial charge in [0, 0.05) is 31.7 Å². The smallest absolute Gasteiger partial charge is 0.274 e. The molecule has 0 spiro atoms. The number of sulfonamides is 1. The van der Waals surface area contributed by atoms with E-state index in [-0.39, 0.29) is 16.3 Å². The lowest BCUT2D eigenvalue weighted by Crippen LogP contribution is -2.23. The van der Waals surface area contributed by atoms with E-state index in [0.717, 1.165) is 9.99 Å². The second-order valence-corrected chi connectivity index (χ2v) is 8.76. The molecule has 3 aromatic rings. The fraction of sp³-hybridized carbons (Fsp3) is 0.158. The van der Waals surface area contributed by atoms with E-state index in [1.807, 2.05) is 30.3 Å². The fourth-order valence-electron chi connectivity index (χ4n) is 2.72. The van der Waals surface area contributed by atoms with Crippen LogP contribution in [-0.4, -0.2) is 49.4 Å². The van der Waals surface area contributed by atoms with Crippen molar-refractivity contribution in [3.63, 3.8) is 0 Å². The van der Waals surface area contributed by atoms with Crippen LogP contribution in [0.2, 0.25) is 0 Å². The molecule has 2 aromatic carbocycles. The minimum atomic E-state index is -3.76. The molecule has 0 saturated carbocycles. The molecule has 1 aromatic heterocycles. The number of carbonyl (C=O) groups is 1. The maximum absolute atomic E-state index is 12.9. The van der Waals surface area contributed by atoms with Crippen molar-refractivity contribution in [2.45, 2.75) is 4.90 Å². The molecule has 0 fully saturated rings. The SMILES string of the molecule is COc1ccc(NC(=O)c2c[nH]c(=S)n2-c2ccccc2)cc1S(=O)(=O)N(C)C. The Morgan fingerprint density at radius 2 is 1.86 bits per heavy atom. The Bertz CT molecular complexity index is 1200. The van der Waals surface area contributed by atoms with Crippen LogP contribution in [0.4, 0.5) is 5.69 Å². The summed E-state index contributed by atoms with van der Waals surface area (Å²) in [6.45, 7) is 0. The molecule has 1 heterocycles. The second kappa shape index (κ2) is 8.19. The summed E-state index contributed by atoms with van der Waals surface area (Å²) in [5.41, 5.74) is 1.33. The zero-order chi connectivity index (χ0) is 21.2. The maximum Gasteiger partial charge on any atom is 0.274 e. The predicted octanol–water partition coefficient (Wildman–Crippen LogP) is 3.05. The molecule has 0 aliphatic rings. The molecule has 29 heavy (non-hydrogen) atoms. The van der Waals surface area contributed by atoms with Crippen LogP contribution in [0.15, 0.2) is 59.6 Å². The molecule has 0 radical (unpaired) electrons. The first-order valence-electron chi connectivity index (χ1n) is 8.53. The number of hydrogen-bond donors (Lipinski definition) is 2. The van der Waals surface area contributed by atoms with Crippen LogP contribution in [0.1, 0.15) is 10.5 Å². The van der Waals surface area contributed by atoms with E-state index in [9.17, 15) is 13.2 Å². The van der Waals surface area contributed by atoms with Crippen molar-refractivity contribution in [1.29, 1.82) is 0 Å². The summed E-state index contributed by atoms with van der Waals surface area (Å²) in [5, 5.41) is 2.72. The number of rotatable bonds is 6. The number of amides is 1. The van der Waals surface area contributed by atoms with Gasteiger partial charge >= 0.3 is 0 Å². The standard InChI is InChI=1S/C19H20N4O4S2/c1-22(2)29(25,26)17-11-13(9-10-16(17)27-3)21-18(24)15-12-20-19(28)23(15)14-7-5-4-6-8-14/h4-12H,1-3H3,(H,20,28)(H,21,24). The van der Waals surface area contributed by atoms with E-state index in [2.05, 4.69) is 10.3 Å². The summed E-state index contributed by atoms with van der Waals surface area (Å²) in [5.74, 6) is -0.259. The Balaban J connectivity index is 1.99. The number of carbonyl (C=O) groups excluding carboxylic acids is 1. The van der Waals surface area contributed by atoms with Crippen molar-refractivity contribution in [2.75, 3.05) is 26.5 Å². The molecule has 0 aliphatic carbocycles. The average molecular weight is 433 g/mol. The third kappa shape index (κ3) is 4.09. The number of aromatic nitrogens is 2. The lowest BCUT2D eigenvalue weighted by molar-refractivity contribution is 0.102. The number of methoxy groups -OCH3 is 1. The van der Waals surface area contributed by atoms with Gasteiger partial charge in [-0.1, -0.05) is 18.2 Å². The molecular formula is C19H20N4O4S2. The zero-order valence-electron chi connectivity index (χ0n) is 16.0. The minimum absolute atomic E-state index is 0.0447. The van der Waals surface area contributed by atoms with Gasteiger partial charge in [-0.3, -0.25) is 9.36 Å². The van der Waals surface area contributed by atoms with Gasteiger partial charge in [0.1, 0.15) is 16.3 Å². The molecule has 8 nitrogen and oxygen atoms in total. The molecule has 2 N–H and O–H groups in total. The summed E-state index contributed by atoms with van der Waals surface area (Å²) in [6, 6.07) is 13.6. The molecule has 1 amide bonds. The van der Waals surface area contributed by atoms with E-state index < -0.39 is 15.9 Å². The van der Waals surface area contributed by atoms with Gasteiger partial charge in [0.05, 0.1) is 7.11 Å². The Kier molecular flexibility index (Phi) is 5.87. The highest BCUT2D eigenvalue weighted by Crippen LogP contribution is 2.29. The van der Waals surface area contributed by atoms with Crippen LogP contribution in [0.5, 0.6) is 5.75 Å². The zero-order valence-corrected chi connectivity index (χ0v) is 17.7. The predicted molar refractivity (Wildman–Crippen MR) is 113 cm³/mol. The molecule has 0 unspecified atom stereocenters. The van der Waals surface area contributed by atoms with E-state index in [4.69, 9.17) is 17.0 Å². The van der Waals surface area contributed by atoms with Crippen molar-refractivity contribution in [2.24, 2.45) is 0 Å². The lowest BCUT2D eigenvalue weighted by atomic mass is 10.2. The number of H-pyrrole nitrogens is 1. The lowest BCUT2D eigenvalue weighted by Gasteiger charge is -2.16. The van der Waals surface area contributed by atoms with Crippen molar-refractivity contribution < 1.29 is 17.9 Å². The van der Waals surface area contributed by atoms with Crippen LogP contribution in [-0.2, 0) is 10.0 Å². The highest BCUT2D eigenvalue weighted by atomic mass is 32.2. The number of benzene rings is 2. The minimum Gasteiger partial charge on any atom is -0.495 e. The van der Waals surface area contributed by atoms with Crippen molar-refractivity contribution in [1.82, 2.24) is 13.9 Å². The molecule has 3 rings (SSSR count). The van der Waals surface area contributed by atoms with E-state index >= 15 is 0 Å². The molecule has 0 bridgehead atoms. The fourth-order valence-corrected chi connectivity index (χ4v) is 4.05. The van der Waals surface area contributed by atoms with E-state index in [0.29, 0.717) is 10.5 Å². The largest absolute Gasteiger partial charge is 0.495 e. The van der Waals surface area contributed by atoms with Crippen LogP contribution in [0, 0.1) is 4.77 Å². The second-order valence-electron chi connectivity index (χ2n) is 6.26. The third-order valence-electron chi connectivity index (χ3n) is 4.20. The Hall–Kier alpha value is -2.95. The van der Waals surface area contributed by atoms with Crippen LogP contribution >= 0.6 is 12.2 Å². The van der Waals surface area contributed by atoms with Gasteiger partial charge in [0.2, 0.25) is 10.0 Å². The summed E-state index contributed by atoms with van der Waals surface area (Å²) < 4.78 is 33.4. The maximum atomic E-state index is 12.9. The van der Waals surface area contributed by atoms with Gasteiger partial charge in [-0.05, 0) is 42.5 Å². The molecule has 0 aliphatic heterocycles. The van der Waals surface area contributed by atoms with Gasteiger partial charge in [-0.2, -0.15) is 0 Å². The molecule has 0 saturated heterocycles. The highest BCUT2D eigenvalue weighted by molar-refractivity contribution is 7.89. The van der Waals surface area contributed by atoms with Gasteiger partial charge < -0.3 is 15.0 Å². The number of imidazole rings is 1. The first-order chi connectivity index (χ1) is 13.8. The number of aromatic amines is 1. The Morgan fingerprint density at radius 1 is 1.17 bits per heavy atom. The molecule has 10 heteroatoms. The first kappa shape index (κ1) is 20.8. The topological polar surface area (TPSA) is 96.4 Å². The normalized spacial score (nSPS) is 11.4. The summed E-state index contributed by atoms with van der Waals surface area (Å²) in [6.07, 6.45) is 1.51. The van der Waals surface area contributed by atoms with Gasteiger partial charge in [-0.25, -0.2) is 12.7 Å². The average Bonchev–Trinajstić information content (AvgIpc) is 3.10. The quantitative estimate of drug-likeness (QED) is 0.584. The molecular weight excluding hydrogens is 412 g/mol. The van der Waals surface area contributed by atoms with Crippen molar-refractivity contribution in [3.05, 3.63) is 65.2 Å². The third-order valence-corrected chi connectivity index (χ3v) is 6.34. The van der Waals surface area contributed by atoms with Crippen molar-refractivity contribution in [3.8, 4) is 11.4 Å². The summed E-state index contributed by atoms with van der Waals surface area (Å²) in [4.78, 5) is 15.7. The van der Waals surface area contributed by atoms with Crippen LogP contribution in [0.25, 0.3) is 5.69 Å². The number of ether oxygens (including phenoxy) is 1. The number of nitrogens with one attached hydrogen (secondary N) is 2. The number of anilines is 1. The Morgan fingerprint density at radius 3 is 2.48 bits per heavy atom. The van der Waals surface area contributed by atoms with Crippen LogP contribution in [0.3, 0.4) is 0 Å². The Labute approximate surface area is 173 Å². The van der Waals surface area contributed by atoms with Gasteiger partial charge in [0.25, 0.3) is 5.91 Å². The summed E-state index contributed by atoms with van der Waals surface area (Å²) >= 11 is 5.30. The van der Waals surface area contributed by atoms with E-state index in [1.54, 1.807) is 10.6 Å². The molecule has 0 atom stereocenters. The highest BCUT2D eigenvalue weighted by Gasteiger charge is 2.23. The monoisotopic (exact) mass is 432 g/mol. The number of hydrogen-bond acceptors (Lipinski definition) is 5. The number of para-hydroxylation sites is 1. The van der Waals surface area contributed by atoms with Crippen LogP contribution < -0.4 is 10.1 Å².